The van der Waals surface area contributed by atoms with E-state index in [1.807, 2.05) is 0 Å². The summed E-state index contributed by atoms with van der Waals surface area (Å²) in [5.74, 6) is -0.844. The van der Waals surface area contributed by atoms with Crippen molar-refractivity contribution in [2.24, 2.45) is 5.73 Å². The zero-order valence-corrected chi connectivity index (χ0v) is 8.34. The molecule has 0 heterocycles. The fourth-order valence-corrected chi connectivity index (χ4v) is 1.24. The van der Waals surface area contributed by atoms with Crippen LogP contribution in [0.2, 0.25) is 0 Å². The maximum Gasteiger partial charge on any atom is 0.315 e. The number of primary amides is 1. The quantitative estimate of drug-likeness (QED) is 0.766. The molecule has 0 bridgehead atoms. The van der Waals surface area contributed by atoms with Gasteiger partial charge in [-0.15, -0.1) is 0 Å². The van der Waals surface area contributed by atoms with E-state index in [2.05, 4.69) is 4.18 Å². The van der Waals surface area contributed by atoms with Crippen molar-refractivity contribution in [1.29, 1.82) is 0 Å². The van der Waals surface area contributed by atoms with Crippen LogP contribution < -0.4 is 5.73 Å². The molecule has 1 aromatic carbocycles. The molecule has 0 saturated carbocycles. The number of benzene rings is 1. The number of hydrogen-bond donors (Lipinski definition) is 1. The van der Waals surface area contributed by atoms with E-state index >= 15 is 0 Å². The molecular formula is C9H9NO3S. The summed E-state index contributed by atoms with van der Waals surface area (Å²) in [4.78, 5) is 21.9. The highest BCUT2D eigenvalue weighted by atomic mass is 32.2. The Morgan fingerprint density at radius 2 is 1.86 bits per heavy atom. The molecule has 0 fully saturated rings. The Morgan fingerprint density at radius 3 is 2.29 bits per heavy atom. The highest BCUT2D eigenvalue weighted by molar-refractivity contribution is 7.95. The molecule has 0 saturated heterocycles. The molecule has 74 valence electrons. The molecule has 0 aliphatic carbocycles. The average Bonchev–Trinajstić information content (AvgIpc) is 2.15. The lowest BCUT2D eigenvalue weighted by atomic mass is 10.2. The van der Waals surface area contributed by atoms with Gasteiger partial charge in [0.1, 0.15) is 0 Å². The van der Waals surface area contributed by atoms with Crippen molar-refractivity contribution in [3.63, 3.8) is 0 Å². The van der Waals surface area contributed by atoms with Crippen LogP contribution in [0.15, 0.2) is 29.2 Å². The van der Waals surface area contributed by atoms with Gasteiger partial charge in [0, 0.05) is 17.4 Å². The van der Waals surface area contributed by atoms with E-state index in [0.717, 1.165) is 16.9 Å². The molecule has 14 heavy (non-hydrogen) atoms. The smallest absolute Gasteiger partial charge is 0.315 e. The predicted molar refractivity (Wildman–Crippen MR) is 52.6 cm³/mol. The summed E-state index contributed by atoms with van der Waals surface area (Å²) in [5.41, 5.74) is 5.48. The lowest BCUT2D eigenvalue weighted by Crippen LogP contribution is -2.10. The third-order valence-corrected chi connectivity index (χ3v) is 2.18. The van der Waals surface area contributed by atoms with Gasteiger partial charge < -0.3 is 9.92 Å². The van der Waals surface area contributed by atoms with Crippen LogP contribution in [0.25, 0.3) is 0 Å². The van der Waals surface area contributed by atoms with Crippen LogP contribution in [0.4, 0.5) is 0 Å². The van der Waals surface area contributed by atoms with E-state index in [9.17, 15) is 9.59 Å². The van der Waals surface area contributed by atoms with E-state index in [1.165, 1.54) is 6.92 Å². The topological polar surface area (TPSA) is 69.4 Å². The van der Waals surface area contributed by atoms with Crippen LogP contribution in [0.1, 0.15) is 17.3 Å². The van der Waals surface area contributed by atoms with E-state index < -0.39 is 5.91 Å². The summed E-state index contributed by atoms with van der Waals surface area (Å²) in [6.07, 6.45) is 0. The molecular weight excluding hydrogens is 202 g/mol. The fraction of sp³-hybridized carbons (Fsp3) is 0.111. The maximum atomic E-state index is 10.7. The Morgan fingerprint density at radius 1 is 1.29 bits per heavy atom. The van der Waals surface area contributed by atoms with Crippen LogP contribution in [-0.4, -0.2) is 11.9 Å². The van der Waals surface area contributed by atoms with E-state index in [4.69, 9.17) is 5.73 Å². The predicted octanol–water partition coefficient (Wildman–Crippen LogP) is 1.36. The number of hydrogen-bond acceptors (Lipinski definition) is 4. The molecule has 1 amide bonds. The summed E-state index contributed by atoms with van der Waals surface area (Å²) in [7, 11) is 0. The summed E-state index contributed by atoms with van der Waals surface area (Å²) in [5, 5.41) is 0. The minimum atomic E-state index is -0.478. The highest BCUT2D eigenvalue weighted by Gasteiger charge is 2.01. The second kappa shape index (κ2) is 4.66. The fourth-order valence-electron chi connectivity index (χ4n) is 0.782. The van der Waals surface area contributed by atoms with E-state index in [-0.39, 0.29) is 5.97 Å². The van der Waals surface area contributed by atoms with Gasteiger partial charge in [-0.1, -0.05) is 0 Å². The van der Waals surface area contributed by atoms with Crippen molar-refractivity contribution in [2.75, 3.05) is 0 Å². The number of amides is 1. The van der Waals surface area contributed by atoms with Gasteiger partial charge in [0.2, 0.25) is 5.91 Å². The number of carbonyl (C=O) groups excluding carboxylic acids is 2. The molecule has 1 aromatic rings. The van der Waals surface area contributed by atoms with Crippen molar-refractivity contribution < 1.29 is 13.8 Å². The molecule has 4 nitrogen and oxygen atoms in total. The van der Waals surface area contributed by atoms with Gasteiger partial charge in [0.05, 0.1) is 12.0 Å². The molecule has 0 spiro atoms. The van der Waals surface area contributed by atoms with Gasteiger partial charge in [-0.2, -0.15) is 0 Å². The first-order valence-corrected chi connectivity index (χ1v) is 4.58. The minimum Gasteiger partial charge on any atom is -0.386 e. The van der Waals surface area contributed by atoms with Gasteiger partial charge in [-0.3, -0.25) is 9.59 Å². The Bertz CT molecular complexity index is 348. The minimum absolute atomic E-state index is 0.367. The Kier molecular flexibility index (Phi) is 3.53. The molecule has 1 rings (SSSR count). The highest BCUT2D eigenvalue weighted by Crippen LogP contribution is 2.19. The van der Waals surface area contributed by atoms with Crippen molar-refractivity contribution in [3.8, 4) is 0 Å². The summed E-state index contributed by atoms with van der Waals surface area (Å²) >= 11 is 0.947. The van der Waals surface area contributed by atoms with Crippen LogP contribution >= 0.6 is 12.0 Å². The first-order chi connectivity index (χ1) is 6.59. The number of nitrogens with two attached hydrogens (primary N) is 1. The average molecular weight is 211 g/mol. The molecule has 2 N–H and O–H groups in total. The standard InChI is InChI=1S/C9H9NO3S/c1-6(11)13-14-8-4-2-7(3-5-8)9(10)12/h2-5H,1H3,(H2,10,12). The lowest BCUT2D eigenvalue weighted by molar-refractivity contribution is -0.130. The SMILES string of the molecule is CC(=O)OSc1ccc(C(N)=O)cc1. The third kappa shape index (κ3) is 3.10. The van der Waals surface area contributed by atoms with Crippen LogP contribution in [0.5, 0.6) is 0 Å². The lowest BCUT2D eigenvalue weighted by Gasteiger charge is -2.00. The molecule has 0 unspecified atom stereocenters. The van der Waals surface area contributed by atoms with Gasteiger partial charge in [-0.25, -0.2) is 0 Å². The summed E-state index contributed by atoms with van der Waals surface area (Å²) in [6.45, 7) is 1.32. The molecule has 0 aromatic heterocycles. The molecule has 0 radical (unpaired) electrons. The molecule has 0 atom stereocenters. The largest absolute Gasteiger partial charge is 0.386 e. The third-order valence-electron chi connectivity index (χ3n) is 1.39. The van der Waals surface area contributed by atoms with E-state index in [1.54, 1.807) is 24.3 Å². The van der Waals surface area contributed by atoms with Gasteiger partial charge in [-0.05, 0) is 24.3 Å². The summed E-state index contributed by atoms with van der Waals surface area (Å²) < 4.78 is 4.69. The summed E-state index contributed by atoms with van der Waals surface area (Å²) in [6, 6.07) is 6.48. The maximum absolute atomic E-state index is 10.7. The van der Waals surface area contributed by atoms with Gasteiger partial charge >= 0.3 is 5.97 Å². The van der Waals surface area contributed by atoms with Gasteiger partial charge in [0.25, 0.3) is 0 Å². The molecule has 5 heteroatoms. The van der Waals surface area contributed by atoms with E-state index in [0.29, 0.717) is 5.56 Å². The van der Waals surface area contributed by atoms with Crippen molar-refractivity contribution in [3.05, 3.63) is 29.8 Å². The normalized spacial score (nSPS) is 9.50. The monoisotopic (exact) mass is 211 g/mol. The first-order valence-electron chi connectivity index (χ1n) is 3.84. The second-order valence-electron chi connectivity index (χ2n) is 2.55. The second-order valence-corrected chi connectivity index (χ2v) is 3.35. The van der Waals surface area contributed by atoms with Crippen LogP contribution in [0, 0.1) is 0 Å². The Hall–Kier alpha value is -1.49. The zero-order valence-electron chi connectivity index (χ0n) is 7.52. The first kappa shape index (κ1) is 10.6. The van der Waals surface area contributed by atoms with Crippen LogP contribution in [-0.2, 0) is 8.98 Å². The number of rotatable bonds is 3. The Labute approximate surface area is 85.6 Å². The van der Waals surface area contributed by atoms with Crippen molar-refractivity contribution >= 4 is 23.9 Å². The zero-order chi connectivity index (χ0) is 10.6. The van der Waals surface area contributed by atoms with Crippen molar-refractivity contribution in [2.45, 2.75) is 11.8 Å². The van der Waals surface area contributed by atoms with Crippen molar-refractivity contribution in [1.82, 2.24) is 0 Å². The molecule has 0 aliphatic heterocycles. The van der Waals surface area contributed by atoms with Crippen LogP contribution in [0.3, 0.4) is 0 Å². The number of carbonyl (C=O) groups is 2. The molecule has 0 aliphatic rings. The Balaban J connectivity index is 2.64. The van der Waals surface area contributed by atoms with Gasteiger partial charge in [0.15, 0.2) is 0 Å².